The van der Waals surface area contributed by atoms with Gasteiger partial charge >= 0.3 is 0 Å². The molecule has 1 saturated carbocycles. The van der Waals surface area contributed by atoms with E-state index in [0.29, 0.717) is 24.3 Å². The van der Waals surface area contributed by atoms with Crippen LogP contribution in [0.1, 0.15) is 28.8 Å². The monoisotopic (exact) mass is 386 g/mol. The number of pyridine rings is 1. The summed E-state index contributed by atoms with van der Waals surface area (Å²) in [5.74, 6) is -0.401. The van der Waals surface area contributed by atoms with E-state index >= 15 is 0 Å². The minimum atomic E-state index is -4.16. The molecule has 1 aromatic heterocycles. The summed E-state index contributed by atoms with van der Waals surface area (Å²) >= 11 is 0. The molecule has 8 nitrogen and oxygen atoms in total. The van der Waals surface area contributed by atoms with Gasteiger partial charge in [-0.3, -0.25) is 9.59 Å². The number of carbonyl (C=O) groups excluding carboxylic acids is 2. The highest BCUT2D eigenvalue weighted by molar-refractivity contribution is 7.90. The first-order valence-corrected chi connectivity index (χ1v) is 10.1. The van der Waals surface area contributed by atoms with E-state index in [1.165, 1.54) is 24.4 Å². The van der Waals surface area contributed by atoms with Gasteiger partial charge in [0, 0.05) is 29.8 Å². The number of benzene rings is 1. The standard InChI is InChI=1S/C18H18N4O4S/c23-17(11-5-6-11)21-14-3-1-2-4-15(14)27(25,26)22-18(24)13-8-10-20-16-12(13)7-9-19-16/h1-4,8,10-11H,5-7,9H2,(H,19,20)(H,21,23)(H,22,24). The van der Waals surface area contributed by atoms with Crippen molar-refractivity contribution in [3.8, 4) is 0 Å². The van der Waals surface area contributed by atoms with Crippen molar-refractivity contribution in [1.82, 2.24) is 9.71 Å². The maximum atomic E-state index is 12.8. The molecule has 0 atom stereocenters. The Morgan fingerprint density at radius 3 is 2.70 bits per heavy atom. The third-order valence-corrected chi connectivity index (χ3v) is 5.97. The van der Waals surface area contributed by atoms with Crippen LogP contribution in [0.2, 0.25) is 0 Å². The molecule has 2 aromatic rings. The van der Waals surface area contributed by atoms with Crippen LogP contribution in [0.15, 0.2) is 41.4 Å². The molecule has 3 N–H and O–H groups in total. The van der Waals surface area contributed by atoms with Gasteiger partial charge in [-0.15, -0.1) is 0 Å². The molecule has 0 saturated heterocycles. The highest BCUT2D eigenvalue weighted by Gasteiger charge is 2.31. The van der Waals surface area contributed by atoms with E-state index in [-0.39, 0.29) is 28.0 Å². The van der Waals surface area contributed by atoms with Gasteiger partial charge in [0.15, 0.2) is 0 Å². The molecule has 27 heavy (non-hydrogen) atoms. The number of hydrogen-bond donors (Lipinski definition) is 3. The number of hydrogen-bond acceptors (Lipinski definition) is 6. The number of rotatable bonds is 5. The average molecular weight is 386 g/mol. The second-order valence-corrected chi connectivity index (χ2v) is 8.21. The Morgan fingerprint density at radius 2 is 1.93 bits per heavy atom. The van der Waals surface area contributed by atoms with Crippen molar-refractivity contribution in [3.05, 3.63) is 47.7 Å². The Labute approximate surface area is 156 Å². The van der Waals surface area contributed by atoms with E-state index in [2.05, 4.69) is 20.3 Å². The number of sulfonamides is 1. The van der Waals surface area contributed by atoms with E-state index in [0.717, 1.165) is 12.8 Å². The third-order valence-electron chi connectivity index (χ3n) is 4.58. The van der Waals surface area contributed by atoms with Crippen LogP contribution in [0.3, 0.4) is 0 Å². The summed E-state index contributed by atoms with van der Waals surface area (Å²) < 4.78 is 27.7. The van der Waals surface area contributed by atoms with E-state index in [1.807, 2.05) is 0 Å². The van der Waals surface area contributed by atoms with Gasteiger partial charge in [-0.2, -0.15) is 0 Å². The minimum Gasteiger partial charge on any atom is -0.369 e. The molecule has 2 amide bonds. The summed E-state index contributed by atoms with van der Waals surface area (Å²) in [5.41, 5.74) is 1.13. The van der Waals surface area contributed by atoms with Crippen molar-refractivity contribution >= 4 is 33.3 Å². The summed E-state index contributed by atoms with van der Waals surface area (Å²) in [6.07, 6.45) is 3.67. The minimum absolute atomic E-state index is 0.0674. The molecule has 1 aliphatic heterocycles. The smallest absolute Gasteiger partial charge is 0.266 e. The highest BCUT2D eigenvalue weighted by Crippen LogP contribution is 2.31. The second-order valence-electron chi connectivity index (χ2n) is 6.56. The number of amides is 2. The van der Waals surface area contributed by atoms with Crippen molar-refractivity contribution in [2.24, 2.45) is 5.92 Å². The maximum Gasteiger partial charge on any atom is 0.266 e. The number of carbonyl (C=O) groups is 2. The first kappa shape index (κ1) is 17.5. The number of aromatic nitrogens is 1. The topological polar surface area (TPSA) is 117 Å². The molecule has 0 unspecified atom stereocenters. The van der Waals surface area contributed by atoms with Crippen LogP contribution in [0.5, 0.6) is 0 Å². The Hall–Kier alpha value is -2.94. The third kappa shape index (κ3) is 3.50. The molecule has 2 heterocycles. The zero-order chi connectivity index (χ0) is 19.0. The summed E-state index contributed by atoms with van der Waals surface area (Å²) in [6, 6.07) is 7.53. The summed E-state index contributed by atoms with van der Waals surface area (Å²) in [4.78, 5) is 28.6. The largest absolute Gasteiger partial charge is 0.369 e. The maximum absolute atomic E-state index is 12.8. The van der Waals surface area contributed by atoms with Crippen molar-refractivity contribution in [3.63, 3.8) is 0 Å². The lowest BCUT2D eigenvalue weighted by Crippen LogP contribution is -2.32. The van der Waals surface area contributed by atoms with Crippen molar-refractivity contribution in [1.29, 1.82) is 0 Å². The van der Waals surface area contributed by atoms with Gasteiger partial charge < -0.3 is 10.6 Å². The SMILES string of the molecule is O=C(NS(=O)(=O)c1ccccc1NC(=O)C1CC1)c1ccnc2c1CCN2. The molecule has 140 valence electrons. The van der Waals surface area contributed by atoms with E-state index in [9.17, 15) is 18.0 Å². The van der Waals surface area contributed by atoms with Crippen LogP contribution in [0, 0.1) is 5.92 Å². The zero-order valence-corrected chi connectivity index (χ0v) is 15.2. The fourth-order valence-corrected chi connectivity index (χ4v) is 4.16. The Bertz CT molecular complexity index is 1030. The average Bonchev–Trinajstić information content (AvgIpc) is 3.38. The lowest BCUT2D eigenvalue weighted by molar-refractivity contribution is -0.117. The fraction of sp³-hybridized carbons (Fsp3) is 0.278. The van der Waals surface area contributed by atoms with Gasteiger partial charge in [-0.25, -0.2) is 18.1 Å². The molecular formula is C18H18N4O4S. The van der Waals surface area contributed by atoms with Gasteiger partial charge in [0.25, 0.3) is 15.9 Å². The van der Waals surface area contributed by atoms with Crippen LogP contribution < -0.4 is 15.4 Å². The van der Waals surface area contributed by atoms with Crippen LogP contribution in [-0.2, 0) is 21.2 Å². The summed E-state index contributed by atoms with van der Waals surface area (Å²) in [6.45, 7) is 0.648. The molecule has 0 spiro atoms. The highest BCUT2D eigenvalue weighted by atomic mass is 32.2. The van der Waals surface area contributed by atoms with Gasteiger partial charge in [-0.05, 0) is 37.5 Å². The van der Waals surface area contributed by atoms with Gasteiger partial charge in [0.2, 0.25) is 5.91 Å². The number of nitrogens with zero attached hydrogens (tertiary/aromatic N) is 1. The number of anilines is 2. The number of para-hydroxylation sites is 1. The van der Waals surface area contributed by atoms with Crippen LogP contribution >= 0.6 is 0 Å². The van der Waals surface area contributed by atoms with Crippen LogP contribution in [0.25, 0.3) is 0 Å². The molecule has 0 bridgehead atoms. The number of fused-ring (bicyclic) bond motifs is 1. The first-order valence-electron chi connectivity index (χ1n) is 8.64. The predicted octanol–water partition coefficient (Wildman–Crippen LogP) is 1.52. The van der Waals surface area contributed by atoms with E-state index in [1.54, 1.807) is 12.1 Å². The summed E-state index contributed by atoms with van der Waals surface area (Å²) in [5, 5.41) is 5.69. The van der Waals surface area contributed by atoms with Gasteiger partial charge in [-0.1, -0.05) is 12.1 Å². The lowest BCUT2D eigenvalue weighted by atomic mass is 10.1. The molecule has 0 radical (unpaired) electrons. The lowest BCUT2D eigenvalue weighted by Gasteiger charge is -2.13. The summed E-state index contributed by atoms with van der Waals surface area (Å²) in [7, 11) is -4.16. The zero-order valence-electron chi connectivity index (χ0n) is 14.4. The van der Waals surface area contributed by atoms with Crippen LogP contribution in [0.4, 0.5) is 11.5 Å². The molecule has 2 aliphatic rings. The van der Waals surface area contributed by atoms with E-state index in [4.69, 9.17) is 0 Å². The molecule has 1 fully saturated rings. The van der Waals surface area contributed by atoms with Crippen molar-refractivity contribution < 1.29 is 18.0 Å². The second kappa shape index (κ2) is 6.66. The van der Waals surface area contributed by atoms with Crippen LogP contribution in [-0.4, -0.2) is 31.8 Å². The van der Waals surface area contributed by atoms with Gasteiger partial charge in [0.1, 0.15) is 10.7 Å². The first-order chi connectivity index (χ1) is 13.0. The normalized spacial score (nSPS) is 15.6. The van der Waals surface area contributed by atoms with Gasteiger partial charge in [0.05, 0.1) is 5.69 Å². The Morgan fingerprint density at radius 1 is 1.15 bits per heavy atom. The molecular weight excluding hydrogens is 368 g/mol. The molecule has 4 rings (SSSR count). The Balaban J connectivity index is 1.60. The molecule has 1 aliphatic carbocycles. The van der Waals surface area contributed by atoms with E-state index < -0.39 is 15.9 Å². The Kier molecular flexibility index (Phi) is 4.31. The molecule has 9 heteroatoms. The van der Waals surface area contributed by atoms with Crippen molar-refractivity contribution in [2.75, 3.05) is 17.2 Å². The molecule has 1 aromatic carbocycles. The van der Waals surface area contributed by atoms with Crippen molar-refractivity contribution in [2.45, 2.75) is 24.2 Å². The predicted molar refractivity (Wildman–Crippen MR) is 98.9 cm³/mol. The number of nitrogens with one attached hydrogen (secondary N) is 3. The quantitative estimate of drug-likeness (QED) is 0.717. The fourth-order valence-electron chi connectivity index (χ4n) is 3.03.